The molecule has 0 amide bonds. The van der Waals surface area contributed by atoms with Crippen LogP contribution in [0.15, 0.2) is 91.0 Å². The van der Waals surface area contributed by atoms with E-state index in [0.29, 0.717) is 0 Å². The van der Waals surface area contributed by atoms with Gasteiger partial charge >= 0.3 is 0 Å². The minimum absolute atomic E-state index is 0.267. The number of aryl methyl sites for hydroxylation is 2. The quantitative estimate of drug-likeness (QED) is 0.185. The maximum atomic E-state index is 16.2. The third-order valence-corrected chi connectivity index (χ3v) is 14.4. The van der Waals surface area contributed by atoms with Crippen LogP contribution in [0.2, 0.25) is 0 Å². The van der Waals surface area contributed by atoms with E-state index in [1.807, 2.05) is 0 Å². The Labute approximate surface area is 256 Å². The zero-order chi connectivity index (χ0) is 29.4. The van der Waals surface area contributed by atoms with Crippen LogP contribution in [0, 0.1) is 13.8 Å². The fourth-order valence-electron chi connectivity index (χ4n) is 8.15. The third kappa shape index (κ3) is 5.33. The van der Waals surface area contributed by atoms with E-state index in [9.17, 15) is 0 Å². The Bertz CT molecular complexity index is 1780. The molecule has 0 saturated heterocycles. The average molecular weight is 587 g/mol. The maximum absolute atomic E-state index is 16.2. The molecule has 43 heavy (non-hydrogen) atoms. The van der Waals surface area contributed by atoms with E-state index in [4.69, 9.17) is 4.74 Å². The summed E-state index contributed by atoms with van der Waals surface area (Å²) in [5.74, 6) is 1.68. The molecular formula is C40H43O2P. The lowest BCUT2D eigenvalue weighted by atomic mass is 9.93. The first-order valence-corrected chi connectivity index (χ1v) is 18.3. The van der Waals surface area contributed by atoms with Gasteiger partial charge < -0.3 is 9.30 Å². The van der Waals surface area contributed by atoms with Gasteiger partial charge in [0.25, 0.3) is 0 Å². The minimum atomic E-state index is -2.78. The lowest BCUT2D eigenvalue weighted by Crippen LogP contribution is -2.30. The number of hydrogen-bond donors (Lipinski definition) is 0. The van der Waals surface area contributed by atoms with Crippen molar-refractivity contribution in [3.8, 4) is 22.6 Å². The largest absolute Gasteiger partial charge is 0.457 e. The second-order valence-electron chi connectivity index (χ2n) is 13.1. The van der Waals surface area contributed by atoms with Crippen LogP contribution in [0.4, 0.5) is 0 Å². The monoisotopic (exact) mass is 586 g/mol. The van der Waals surface area contributed by atoms with Gasteiger partial charge in [0.2, 0.25) is 0 Å². The molecule has 2 fully saturated rings. The summed E-state index contributed by atoms with van der Waals surface area (Å²) in [5.41, 5.74) is 5.11. The summed E-state index contributed by atoms with van der Waals surface area (Å²) < 4.78 is 23.1. The van der Waals surface area contributed by atoms with Gasteiger partial charge in [-0.1, -0.05) is 111 Å². The van der Waals surface area contributed by atoms with Gasteiger partial charge in [0, 0.05) is 27.7 Å². The first-order valence-electron chi connectivity index (χ1n) is 16.4. The molecule has 0 N–H and O–H groups in total. The van der Waals surface area contributed by atoms with Crippen LogP contribution in [0.25, 0.3) is 32.7 Å². The molecule has 0 heterocycles. The van der Waals surface area contributed by atoms with Gasteiger partial charge in [-0.25, -0.2) is 0 Å². The summed E-state index contributed by atoms with van der Waals surface area (Å²) in [6, 6.07) is 32.5. The average Bonchev–Trinajstić information content (AvgIpc) is 3.04. The summed E-state index contributed by atoms with van der Waals surface area (Å²) in [6.07, 6.45) is 11.6. The highest BCUT2D eigenvalue weighted by atomic mass is 31.2. The van der Waals surface area contributed by atoms with E-state index < -0.39 is 7.14 Å². The fourth-order valence-corrected chi connectivity index (χ4v) is 12.7. The minimum Gasteiger partial charge on any atom is -0.457 e. The SMILES string of the molecule is Cc1cc(C)cc(Oc2ccc3ccccc3c2-c2c(P(=O)(C3CCCCC3)C3CCCCC3)ccc3ccccc23)c1. The zero-order valence-electron chi connectivity index (χ0n) is 25.6. The predicted molar refractivity (Wildman–Crippen MR) is 184 cm³/mol. The second kappa shape index (κ2) is 12.0. The first kappa shape index (κ1) is 28.4. The van der Waals surface area contributed by atoms with Gasteiger partial charge in [0.15, 0.2) is 0 Å². The number of rotatable bonds is 6. The Hall–Kier alpha value is -3.35. The number of benzene rings is 5. The molecule has 0 aromatic heterocycles. The van der Waals surface area contributed by atoms with Gasteiger partial charge in [0.05, 0.1) is 0 Å². The van der Waals surface area contributed by atoms with Crippen LogP contribution < -0.4 is 10.0 Å². The van der Waals surface area contributed by atoms with Crippen LogP contribution in [-0.2, 0) is 4.57 Å². The molecular weight excluding hydrogens is 543 g/mol. The van der Waals surface area contributed by atoms with Crippen molar-refractivity contribution < 1.29 is 9.30 Å². The lowest BCUT2D eigenvalue weighted by molar-refractivity contribution is 0.453. The van der Waals surface area contributed by atoms with Crippen LogP contribution >= 0.6 is 7.14 Å². The molecule has 3 heteroatoms. The van der Waals surface area contributed by atoms with E-state index in [1.165, 1.54) is 65.8 Å². The number of ether oxygens (including phenoxy) is 1. The summed E-state index contributed by atoms with van der Waals surface area (Å²) in [5, 5.41) is 5.79. The van der Waals surface area contributed by atoms with E-state index in [2.05, 4.69) is 105 Å². The van der Waals surface area contributed by atoms with Gasteiger partial charge in [-0.05, 0) is 90.4 Å². The van der Waals surface area contributed by atoms with E-state index >= 15 is 4.57 Å². The molecule has 5 aromatic rings. The van der Waals surface area contributed by atoms with Crippen molar-refractivity contribution in [1.82, 2.24) is 0 Å². The van der Waals surface area contributed by atoms with Crippen molar-refractivity contribution in [3.05, 3.63) is 102 Å². The fraction of sp³-hybridized carbons (Fsp3) is 0.350. The Morgan fingerprint density at radius 1 is 0.581 bits per heavy atom. The van der Waals surface area contributed by atoms with Gasteiger partial charge in [-0.3, -0.25) is 0 Å². The summed E-state index contributed by atoms with van der Waals surface area (Å²) >= 11 is 0. The Balaban J connectivity index is 1.55. The second-order valence-corrected chi connectivity index (χ2v) is 16.4. The Morgan fingerprint density at radius 3 is 1.67 bits per heavy atom. The first-order chi connectivity index (χ1) is 21.0. The molecule has 5 aromatic carbocycles. The summed E-state index contributed by atoms with van der Waals surface area (Å²) in [4.78, 5) is 0. The zero-order valence-corrected chi connectivity index (χ0v) is 26.5. The Kier molecular flexibility index (Phi) is 7.91. The molecule has 0 bridgehead atoms. The number of fused-ring (bicyclic) bond motifs is 2. The molecule has 2 saturated carbocycles. The molecule has 0 radical (unpaired) electrons. The topological polar surface area (TPSA) is 26.3 Å². The maximum Gasteiger partial charge on any atom is 0.135 e. The highest BCUT2D eigenvalue weighted by Crippen LogP contribution is 2.64. The normalized spacial score (nSPS) is 17.0. The van der Waals surface area contributed by atoms with Gasteiger partial charge in [-0.15, -0.1) is 0 Å². The molecule has 2 nitrogen and oxygen atoms in total. The highest BCUT2D eigenvalue weighted by Gasteiger charge is 2.44. The van der Waals surface area contributed by atoms with Gasteiger partial charge in [0.1, 0.15) is 18.6 Å². The van der Waals surface area contributed by atoms with Gasteiger partial charge in [-0.2, -0.15) is 0 Å². The highest BCUT2D eigenvalue weighted by molar-refractivity contribution is 7.73. The third-order valence-electron chi connectivity index (χ3n) is 10.1. The van der Waals surface area contributed by atoms with Crippen molar-refractivity contribution >= 4 is 34.0 Å². The van der Waals surface area contributed by atoms with Crippen LogP contribution in [0.1, 0.15) is 75.3 Å². The van der Waals surface area contributed by atoms with E-state index in [1.54, 1.807) is 0 Å². The van der Waals surface area contributed by atoms with Crippen molar-refractivity contribution in [2.75, 3.05) is 0 Å². The summed E-state index contributed by atoms with van der Waals surface area (Å²) in [6.45, 7) is 4.24. The molecule has 0 atom stereocenters. The number of hydrogen-bond acceptors (Lipinski definition) is 2. The molecule has 0 spiro atoms. The molecule has 220 valence electrons. The van der Waals surface area contributed by atoms with Crippen LogP contribution in [0.3, 0.4) is 0 Å². The molecule has 2 aliphatic carbocycles. The Morgan fingerprint density at radius 2 is 1.09 bits per heavy atom. The van der Waals surface area contributed by atoms with Crippen molar-refractivity contribution in [1.29, 1.82) is 0 Å². The molecule has 0 unspecified atom stereocenters. The summed E-state index contributed by atoms with van der Waals surface area (Å²) in [7, 11) is -2.78. The van der Waals surface area contributed by atoms with E-state index in [-0.39, 0.29) is 11.3 Å². The molecule has 0 aliphatic heterocycles. The van der Waals surface area contributed by atoms with Crippen molar-refractivity contribution in [2.24, 2.45) is 0 Å². The molecule has 2 aliphatic rings. The molecule has 7 rings (SSSR count). The lowest BCUT2D eigenvalue weighted by Gasteiger charge is -2.39. The van der Waals surface area contributed by atoms with Crippen LogP contribution in [0.5, 0.6) is 11.5 Å². The van der Waals surface area contributed by atoms with E-state index in [0.717, 1.165) is 59.0 Å². The smallest absolute Gasteiger partial charge is 0.135 e. The van der Waals surface area contributed by atoms with Crippen molar-refractivity contribution in [2.45, 2.75) is 89.4 Å². The standard InChI is InChI=1S/C40H43O2P/c1-28-25-29(2)27-32(26-28)42-37-23-21-30-13-9-11-19-35(30)39(37)40-36-20-12-10-14-31(36)22-24-38(40)43(41,33-15-5-3-6-16-33)34-17-7-4-8-18-34/h9-14,19-27,33-34H,3-8,15-18H2,1-2H3. The predicted octanol–water partition coefficient (Wildman–Crippen LogP) is 11.7. The van der Waals surface area contributed by atoms with Crippen molar-refractivity contribution in [3.63, 3.8) is 0 Å². The van der Waals surface area contributed by atoms with Crippen LogP contribution in [-0.4, -0.2) is 11.3 Å².